The van der Waals surface area contributed by atoms with Gasteiger partial charge in [-0.05, 0) is 0 Å². The van der Waals surface area contributed by atoms with E-state index in [9.17, 15) is 27.3 Å². The normalized spacial score (nSPS) is 11.4. The van der Waals surface area contributed by atoms with E-state index in [2.05, 4.69) is 0 Å². The largest absolute Gasteiger partial charge is 0.488 e. The third kappa shape index (κ3) is 5.97. The predicted molar refractivity (Wildman–Crippen MR) is 67.3 cm³/mol. The van der Waals surface area contributed by atoms with Gasteiger partial charge in [0.1, 0.15) is 6.61 Å². The van der Waals surface area contributed by atoms with Gasteiger partial charge in [0.2, 0.25) is 15.8 Å². The number of sulfonamides is 1. The van der Waals surface area contributed by atoms with Crippen LogP contribution in [0.25, 0.3) is 0 Å². The first-order chi connectivity index (χ1) is 9.70. The van der Waals surface area contributed by atoms with Gasteiger partial charge in [0.15, 0.2) is 11.6 Å². The molecule has 0 aliphatic carbocycles. The highest BCUT2D eigenvalue weighted by atomic mass is 32.2. The minimum atomic E-state index is -3.63. The van der Waals surface area contributed by atoms with Gasteiger partial charge < -0.3 is 9.47 Å². The lowest BCUT2D eigenvalue weighted by Crippen LogP contribution is -2.21. The van der Waals surface area contributed by atoms with Gasteiger partial charge in [-0.1, -0.05) is 0 Å². The summed E-state index contributed by atoms with van der Waals surface area (Å²) in [5, 5.41) is 15.1. The first-order valence-electron chi connectivity index (χ1n) is 5.55. The fourth-order valence-electron chi connectivity index (χ4n) is 1.26. The fraction of sp³-hybridized carbons (Fsp3) is 0.400. The molecule has 0 aromatic heterocycles. The number of nitrogens with two attached hydrogens (primary N) is 1. The van der Waals surface area contributed by atoms with Crippen LogP contribution in [0.1, 0.15) is 0 Å². The highest BCUT2D eigenvalue weighted by Gasteiger charge is 2.19. The Kier molecular flexibility index (Phi) is 5.93. The lowest BCUT2D eigenvalue weighted by Gasteiger charge is -2.08. The lowest BCUT2D eigenvalue weighted by atomic mass is 10.3. The fourth-order valence-corrected chi connectivity index (χ4v) is 1.61. The Morgan fingerprint density at radius 3 is 2.43 bits per heavy atom. The van der Waals surface area contributed by atoms with Crippen LogP contribution in [0.5, 0.6) is 5.75 Å². The van der Waals surface area contributed by atoms with E-state index in [1.165, 1.54) is 0 Å². The number of benzene rings is 1. The van der Waals surface area contributed by atoms with Crippen LogP contribution in [0, 0.1) is 21.7 Å². The van der Waals surface area contributed by atoms with Crippen LogP contribution in [0.4, 0.5) is 14.5 Å². The maximum atomic E-state index is 13.4. The summed E-state index contributed by atoms with van der Waals surface area (Å²) in [6.45, 7) is -0.453. The van der Waals surface area contributed by atoms with E-state index >= 15 is 0 Å². The Morgan fingerprint density at radius 2 is 1.86 bits per heavy atom. The van der Waals surface area contributed by atoms with Crippen molar-refractivity contribution in [3.05, 3.63) is 33.9 Å². The zero-order valence-electron chi connectivity index (χ0n) is 10.6. The lowest BCUT2D eigenvalue weighted by molar-refractivity contribution is -0.387. The smallest absolute Gasteiger partial charge is 0.307 e. The summed E-state index contributed by atoms with van der Waals surface area (Å²) in [6.07, 6.45) is 0. The van der Waals surface area contributed by atoms with Gasteiger partial charge in [-0.15, -0.1) is 0 Å². The highest BCUT2D eigenvalue weighted by molar-refractivity contribution is 7.89. The number of primary sulfonamides is 1. The molecule has 0 aliphatic rings. The maximum Gasteiger partial charge on any atom is 0.307 e. The first-order valence-corrected chi connectivity index (χ1v) is 7.26. The molecule has 0 radical (unpaired) electrons. The van der Waals surface area contributed by atoms with E-state index in [1.807, 2.05) is 0 Å². The molecule has 11 heteroatoms. The summed E-state index contributed by atoms with van der Waals surface area (Å²) in [6, 6.07) is 0.963. The topological polar surface area (TPSA) is 122 Å². The average molecular weight is 326 g/mol. The van der Waals surface area contributed by atoms with Crippen molar-refractivity contribution in [2.45, 2.75) is 0 Å². The Morgan fingerprint density at radius 1 is 1.19 bits per heavy atom. The maximum absolute atomic E-state index is 13.4. The van der Waals surface area contributed by atoms with Gasteiger partial charge in [-0.2, -0.15) is 4.39 Å². The molecule has 21 heavy (non-hydrogen) atoms. The van der Waals surface area contributed by atoms with Gasteiger partial charge in [0, 0.05) is 6.07 Å². The molecule has 0 aliphatic heterocycles. The Bertz CT molecular complexity index is 622. The molecule has 0 atom stereocenters. The second-order valence-corrected chi connectivity index (χ2v) is 5.55. The molecular weight excluding hydrogens is 314 g/mol. The second-order valence-electron chi connectivity index (χ2n) is 3.82. The molecule has 1 aromatic rings. The van der Waals surface area contributed by atoms with Gasteiger partial charge >= 0.3 is 5.69 Å². The van der Waals surface area contributed by atoms with Crippen molar-refractivity contribution < 1.29 is 31.6 Å². The van der Waals surface area contributed by atoms with Crippen LogP contribution in [-0.4, -0.2) is 38.9 Å². The molecule has 0 fully saturated rings. The summed E-state index contributed by atoms with van der Waals surface area (Å²) < 4.78 is 57.5. The van der Waals surface area contributed by atoms with Crippen LogP contribution < -0.4 is 9.88 Å². The molecule has 8 nitrogen and oxygen atoms in total. The van der Waals surface area contributed by atoms with Crippen molar-refractivity contribution in [1.29, 1.82) is 0 Å². The molecule has 2 N–H and O–H groups in total. The second kappa shape index (κ2) is 7.24. The van der Waals surface area contributed by atoms with Gasteiger partial charge in [0.05, 0.1) is 30.0 Å². The minimum Gasteiger partial charge on any atom is -0.488 e. The minimum absolute atomic E-state index is 0.0897. The number of halogens is 2. The third-order valence-electron chi connectivity index (χ3n) is 2.20. The predicted octanol–water partition coefficient (Wildman–Crippen LogP) is 0.557. The van der Waals surface area contributed by atoms with E-state index in [1.54, 1.807) is 0 Å². The van der Waals surface area contributed by atoms with Crippen LogP contribution >= 0.6 is 0 Å². The first kappa shape index (κ1) is 17.2. The van der Waals surface area contributed by atoms with Crippen molar-refractivity contribution in [2.24, 2.45) is 5.14 Å². The number of nitro groups is 1. The van der Waals surface area contributed by atoms with Crippen molar-refractivity contribution in [3.63, 3.8) is 0 Å². The average Bonchev–Trinajstić information content (AvgIpc) is 2.35. The SMILES string of the molecule is NS(=O)(=O)CCOCCOc1cc(F)c([N+](=O)[O-])cc1F. The molecule has 0 saturated heterocycles. The quantitative estimate of drug-likeness (QED) is 0.423. The Hall–Kier alpha value is -1.85. The zero-order valence-corrected chi connectivity index (χ0v) is 11.4. The van der Waals surface area contributed by atoms with E-state index in [4.69, 9.17) is 14.6 Å². The van der Waals surface area contributed by atoms with Crippen LogP contribution in [0.3, 0.4) is 0 Å². The molecular formula is C10H12F2N2O6S. The van der Waals surface area contributed by atoms with Crippen LogP contribution in [0.15, 0.2) is 12.1 Å². The van der Waals surface area contributed by atoms with Crippen molar-refractivity contribution in [2.75, 3.05) is 25.6 Å². The number of nitrogens with zero attached hydrogens (tertiary/aromatic N) is 1. The molecule has 1 rings (SSSR count). The molecule has 0 unspecified atom stereocenters. The van der Waals surface area contributed by atoms with Crippen LogP contribution in [0.2, 0.25) is 0 Å². The van der Waals surface area contributed by atoms with Gasteiger partial charge in [-0.3, -0.25) is 10.1 Å². The van der Waals surface area contributed by atoms with E-state index in [-0.39, 0.29) is 25.6 Å². The molecule has 0 spiro atoms. The van der Waals surface area contributed by atoms with Crippen molar-refractivity contribution in [1.82, 2.24) is 0 Å². The van der Waals surface area contributed by atoms with E-state index in [0.29, 0.717) is 12.1 Å². The third-order valence-corrected chi connectivity index (χ3v) is 2.93. The Balaban J connectivity index is 2.46. The van der Waals surface area contributed by atoms with Crippen molar-refractivity contribution in [3.8, 4) is 5.75 Å². The van der Waals surface area contributed by atoms with E-state index in [0.717, 1.165) is 0 Å². The summed E-state index contributed by atoms with van der Waals surface area (Å²) >= 11 is 0. The van der Waals surface area contributed by atoms with Crippen molar-refractivity contribution >= 4 is 15.7 Å². The number of hydrogen-bond acceptors (Lipinski definition) is 6. The number of rotatable bonds is 8. The summed E-state index contributed by atoms with van der Waals surface area (Å²) in [4.78, 5) is 9.32. The summed E-state index contributed by atoms with van der Waals surface area (Å²) in [5.74, 6) is -3.21. The molecule has 0 bridgehead atoms. The number of ether oxygens (including phenoxy) is 2. The molecule has 0 saturated carbocycles. The zero-order chi connectivity index (χ0) is 16.0. The van der Waals surface area contributed by atoms with Crippen LogP contribution in [-0.2, 0) is 14.8 Å². The van der Waals surface area contributed by atoms with E-state index < -0.39 is 38.0 Å². The number of nitro benzene ring substituents is 1. The standard InChI is InChI=1S/C10H12F2N2O6S/c11-7-6-10(8(12)5-9(7)14(15)16)20-2-1-19-3-4-21(13,17)18/h5-6H,1-4H2,(H2,13,17,18). The monoisotopic (exact) mass is 326 g/mol. The summed E-state index contributed by atoms with van der Waals surface area (Å²) in [7, 11) is -3.63. The molecule has 1 aromatic carbocycles. The summed E-state index contributed by atoms with van der Waals surface area (Å²) in [5.41, 5.74) is -0.996. The molecule has 118 valence electrons. The van der Waals surface area contributed by atoms with Gasteiger partial charge in [-0.25, -0.2) is 17.9 Å². The highest BCUT2D eigenvalue weighted by Crippen LogP contribution is 2.26. The molecule has 0 heterocycles. The Labute approximate surface area is 118 Å². The van der Waals surface area contributed by atoms with Gasteiger partial charge in [0.25, 0.3) is 0 Å². The number of hydrogen-bond donors (Lipinski definition) is 1. The molecule has 0 amide bonds.